The molecule has 0 amide bonds. The SMILES string of the molecule is CCCC1CC(CNC)(c2ccccc2OC)C1. The average Bonchev–Trinajstić information content (AvgIpc) is 2.36. The van der Waals surface area contributed by atoms with Crippen molar-refractivity contribution in [1.29, 1.82) is 0 Å². The minimum Gasteiger partial charge on any atom is -0.496 e. The number of hydrogen-bond acceptors (Lipinski definition) is 2. The Kier molecular flexibility index (Phi) is 4.28. The van der Waals surface area contributed by atoms with E-state index in [9.17, 15) is 0 Å². The first-order valence-corrected chi connectivity index (χ1v) is 7.04. The summed E-state index contributed by atoms with van der Waals surface area (Å²) in [5, 5.41) is 3.37. The van der Waals surface area contributed by atoms with Crippen LogP contribution in [0.25, 0.3) is 0 Å². The summed E-state index contributed by atoms with van der Waals surface area (Å²) in [5.74, 6) is 1.94. The molecule has 1 fully saturated rings. The minimum atomic E-state index is 0.293. The lowest BCUT2D eigenvalue weighted by molar-refractivity contribution is 0.128. The number of nitrogens with one attached hydrogen (secondary N) is 1. The molecule has 2 nitrogen and oxygen atoms in total. The molecule has 100 valence electrons. The molecule has 1 saturated carbocycles. The van der Waals surface area contributed by atoms with Crippen LogP contribution in [-0.2, 0) is 5.41 Å². The van der Waals surface area contributed by atoms with Gasteiger partial charge in [-0.05, 0) is 31.9 Å². The molecule has 1 aromatic rings. The second kappa shape index (κ2) is 5.75. The molecular weight excluding hydrogens is 222 g/mol. The highest BCUT2D eigenvalue weighted by Gasteiger charge is 2.45. The number of ether oxygens (including phenoxy) is 1. The van der Waals surface area contributed by atoms with Gasteiger partial charge in [0, 0.05) is 17.5 Å². The van der Waals surface area contributed by atoms with Crippen LogP contribution in [0.5, 0.6) is 5.75 Å². The molecule has 2 rings (SSSR count). The molecule has 1 N–H and O–H groups in total. The predicted molar refractivity (Wildman–Crippen MR) is 76.2 cm³/mol. The van der Waals surface area contributed by atoms with Gasteiger partial charge in [-0.1, -0.05) is 38.0 Å². The Labute approximate surface area is 111 Å². The molecule has 0 radical (unpaired) electrons. The highest BCUT2D eigenvalue weighted by Crippen LogP contribution is 2.51. The summed E-state index contributed by atoms with van der Waals surface area (Å²) in [6.07, 6.45) is 5.25. The first-order chi connectivity index (χ1) is 8.75. The number of hydrogen-bond donors (Lipinski definition) is 1. The molecule has 0 aromatic heterocycles. The lowest BCUT2D eigenvalue weighted by atomic mass is 9.57. The maximum absolute atomic E-state index is 5.54. The standard InChI is InChI=1S/C16H25NO/c1-4-7-13-10-16(11-13,12-17-2)14-8-5-6-9-15(14)18-3/h5-6,8-9,13,17H,4,7,10-12H2,1-3H3. The Morgan fingerprint density at radius 1 is 1.33 bits per heavy atom. The maximum Gasteiger partial charge on any atom is 0.122 e. The van der Waals surface area contributed by atoms with Gasteiger partial charge in [-0.3, -0.25) is 0 Å². The van der Waals surface area contributed by atoms with Crippen LogP contribution < -0.4 is 10.1 Å². The Balaban J connectivity index is 2.21. The monoisotopic (exact) mass is 247 g/mol. The van der Waals surface area contributed by atoms with E-state index >= 15 is 0 Å². The van der Waals surface area contributed by atoms with Crippen LogP contribution in [0, 0.1) is 5.92 Å². The zero-order valence-electron chi connectivity index (χ0n) is 11.8. The van der Waals surface area contributed by atoms with Crippen molar-refractivity contribution in [3.63, 3.8) is 0 Å². The molecule has 18 heavy (non-hydrogen) atoms. The van der Waals surface area contributed by atoms with Crippen molar-refractivity contribution in [3.05, 3.63) is 29.8 Å². The van der Waals surface area contributed by atoms with Gasteiger partial charge >= 0.3 is 0 Å². The molecule has 2 heteroatoms. The maximum atomic E-state index is 5.54. The predicted octanol–water partition coefficient (Wildman–Crippen LogP) is 3.36. The topological polar surface area (TPSA) is 21.3 Å². The molecule has 1 aromatic carbocycles. The Bertz CT molecular complexity index is 382. The molecule has 0 heterocycles. The van der Waals surface area contributed by atoms with Gasteiger partial charge in [0.1, 0.15) is 5.75 Å². The highest BCUT2D eigenvalue weighted by atomic mass is 16.5. The van der Waals surface area contributed by atoms with Crippen LogP contribution in [-0.4, -0.2) is 20.7 Å². The summed E-state index contributed by atoms with van der Waals surface area (Å²) in [6.45, 7) is 3.33. The summed E-state index contributed by atoms with van der Waals surface area (Å²) >= 11 is 0. The lowest BCUT2D eigenvalue weighted by Crippen LogP contribution is -2.48. The first kappa shape index (κ1) is 13.4. The fourth-order valence-electron chi connectivity index (χ4n) is 3.54. The number of rotatable bonds is 6. The molecule has 0 atom stereocenters. The van der Waals surface area contributed by atoms with Crippen molar-refractivity contribution >= 4 is 0 Å². The molecule has 0 unspecified atom stereocenters. The zero-order valence-corrected chi connectivity index (χ0v) is 11.8. The van der Waals surface area contributed by atoms with E-state index in [-0.39, 0.29) is 0 Å². The van der Waals surface area contributed by atoms with Gasteiger partial charge in [0.2, 0.25) is 0 Å². The summed E-state index contributed by atoms with van der Waals surface area (Å²) in [6, 6.07) is 8.50. The van der Waals surface area contributed by atoms with E-state index in [2.05, 4.69) is 36.5 Å². The third-order valence-electron chi connectivity index (χ3n) is 4.25. The number of para-hydroxylation sites is 1. The van der Waals surface area contributed by atoms with E-state index in [1.54, 1.807) is 7.11 Å². The second-order valence-electron chi connectivity index (χ2n) is 5.57. The van der Waals surface area contributed by atoms with Gasteiger partial charge in [0.05, 0.1) is 7.11 Å². The van der Waals surface area contributed by atoms with Crippen LogP contribution in [0.15, 0.2) is 24.3 Å². The Morgan fingerprint density at radius 3 is 2.67 bits per heavy atom. The van der Waals surface area contributed by atoms with Crippen molar-refractivity contribution in [3.8, 4) is 5.75 Å². The van der Waals surface area contributed by atoms with Gasteiger partial charge in [0.25, 0.3) is 0 Å². The van der Waals surface area contributed by atoms with E-state index < -0.39 is 0 Å². The number of methoxy groups -OCH3 is 1. The molecule has 0 bridgehead atoms. The number of likely N-dealkylation sites (N-methyl/N-ethyl adjacent to an activating group) is 1. The number of benzene rings is 1. The third kappa shape index (κ3) is 2.39. The average molecular weight is 247 g/mol. The third-order valence-corrected chi connectivity index (χ3v) is 4.25. The van der Waals surface area contributed by atoms with E-state index in [0.717, 1.165) is 18.2 Å². The molecule has 1 aliphatic rings. The van der Waals surface area contributed by atoms with Crippen molar-refractivity contribution in [1.82, 2.24) is 5.32 Å². The Hall–Kier alpha value is -1.02. The summed E-state index contributed by atoms with van der Waals surface area (Å²) in [4.78, 5) is 0. The van der Waals surface area contributed by atoms with E-state index in [1.807, 2.05) is 7.05 Å². The lowest BCUT2D eigenvalue weighted by Gasteiger charge is -2.49. The van der Waals surface area contributed by atoms with Gasteiger partial charge in [-0.15, -0.1) is 0 Å². The molecular formula is C16H25NO. The van der Waals surface area contributed by atoms with Crippen LogP contribution in [0.3, 0.4) is 0 Å². The van der Waals surface area contributed by atoms with E-state index in [1.165, 1.54) is 31.2 Å². The van der Waals surface area contributed by atoms with Gasteiger partial charge < -0.3 is 10.1 Å². The second-order valence-corrected chi connectivity index (χ2v) is 5.57. The molecule has 0 aliphatic heterocycles. The van der Waals surface area contributed by atoms with Crippen molar-refractivity contribution in [2.45, 2.75) is 38.0 Å². The summed E-state index contributed by atoms with van der Waals surface area (Å²) in [7, 11) is 3.82. The van der Waals surface area contributed by atoms with E-state index in [4.69, 9.17) is 4.74 Å². The normalized spacial score (nSPS) is 26.7. The van der Waals surface area contributed by atoms with Gasteiger partial charge in [-0.2, -0.15) is 0 Å². The molecule has 1 aliphatic carbocycles. The molecule has 0 spiro atoms. The largest absolute Gasteiger partial charge is 0.496 e. The Morgan fingerprint density at radius 2 is 2.06 bits per heavy atom. The van der Waals surface area contributed by atoms with E-state index in [0.29, 0.717) is 5.41 Å². The summed E-state index contributed by atoms with van der Waals surface area (Å²) in [5.41, 5.74) is 1.68. The fourth-order valence-corrected chi connectivity index (χ4v) is 3.54. The van der Waals surface area contributed by atoms with Crippen LogP contribution in [0.1, 0.15) is 38.2 Å². The minimum absolute atomic E-state index is 0.293. The van der Waals surface area contributed by atoms with Crippen LogP contribution in [0.2, 0.25) is 0 Å². The van der Waals surface area contributed by atoms with Crippen LogP contribution >= 0.6 is 0 Å². The zero-order chi connectivity index (χ0) is 13.0. The quantitative estimate of drug-likeness (QED) is 0.832. The summed E-state index contributed by atoms with van der Waals surface area (Å²) < 4.78 is 5.54. The smallest absolute Gasteiger partial charge is 0.122 e. The van der Waals surface area contributed by atoms with Crippen LogP contribution in [0.4, 0.5) is 0 Å². The molecule has 0 saturated heterocycles. The van der Waals surface area contributed by atoms with Gasteiger partial charge in [-0.25, -0.2) is 0 Å². The van der Waals surface area contributed by atoms with Crippen molar-refractivity contribution in [2.24, 2.45) is 5.92 Å². The van der Waals surface area contributed by atoms with Crippen molar-refractivity contribution < 1.29 is 4.74 Å². The van der Waals surface area contributed by atoms with Gasteiger partial charge in [0.15, 0.2) is 0 Å². The first-order valence-electron chi connectivity index (χ1n) is 7.04. The highest BCUT2D eigenvalue weighted by molar-refractivity contribution is 5.42. The van der Waals surface area contributed by atoms with Crippen molar-refractivity contribution in [2.75, 3.05) is 20.7 Å². The fraction of sp³-hybridized carbons (Fsp3) is 0.625.